The number of likely N-dealkylation sites (tertiary alicyclic amines) is 1. The molecule has 1 aliphatic rings. The van der Waals surface area contributed by atoms with E-state index in [1.807, 2.05) is 0 Å². The molecule has 1 saturated heterocycles. The first-order chi connectivity index (χ1) is 8.97. The Balaban J connectivity index is 1.92. The van der Waals surface area contributed by atoms with Crippen LogP contribution in [-0.2, 0) is 9.84 Å². The summed E-state index contributed by atoms with van der Waals surface area (Å²) in [7, 11) is -1.18. The topological polar surface area (TPSA) is 37.4 Å². The van der Waals surface area contributed by atoms with Gasteiger partial charge in [-0.25, -0.2) is 12.8 Å². The van der Waals surface area contributed by atoms with Gasteiger partial charge in [-0.05, 0) is 69.6 Å². The van der Waals surface area contributed by atoms with Gasteiger partial charge in [0.15, 0.2) is 9.84 Å². The highest BCUT2D eigenvalue weighted by molar-refractivity contribution is 7.91. The molecule has 0 bridgehead atoms. The largest absolute Gasteiger partial charge is 0.306 e. The molecule has 2 rings (SSSR count). The zero-order valence-corrected chi connectivity index (χ0v) is 12.0. The maximum atomic E-state index is 12.8. The van der Waals surface area contributed by atoms with Crippen molar-refractivity contribution in [1.29, 1.82) is 0 Å². The average Bonchev–Trinajstić information content (AvgIpc) is 2.39. The van der Waals surface area contributed by atoms with Gasteiger partial charge in [-0.3, -0.25) is 0 Å². The highest BCUT2D eigenvalue weighted by Gasteiger charge is 2.21. The summed E-state index contributed by atoms with van der Waals surface area (Å²) in [5.41, 5.74) is 0. The fraction of sp³-hybridized carbons (Fsp3) is 0.571. The SMILES string of the molecule is CN1CCC(CCS(=O)(=O)c2ccc(F)cc2)CC1. The molecule has 0 unspecified atom stereocenters. The maximum Gasteiger partial charge on any atom is 0.178 e. The quantitative estimate of drug-likeness (QED) is 0.797. The lowest BCUT2D eigenvalue weighted by Gasteiger charge is -2.28. The molecule has 0 amide bonds. The van der Waals surface area contributed by atoms with Crippen molar-refractivity contribution in [2.24, 2.45) is 5.92 Å². The summed E-state index contributed by atoms with van der Waals surface area (Å²) in [6, 6.07) is 5.09. The molecule has 0 spiro atoms. The van der Waals surface area contributed by atoms with Crippen LogP contribution < -0.4 is 0 Å². The predicted molar refractivity (Wildman–Crippen MR) is 73.3 cm³/mol. The lowest BCUT2D eigenvalue weighted by molar-refractivity contribution is 0.216. The molecule has 0 atom stereocenters. The van der Waals surface area contributed by atoms with E-state index in [0.29, 0.717) is 12.3 Å². The lowest BCUT2D eigenvalue weighted by Crippen LogP contribution is -2.30. The number of benzene rings is 1. The summed E-state index contributed by atoms with van der Waals surface area (Å²) >= 11 is 0. The Hall–Kier alpha value is -0.940. The molecular formula is C14H20FNO2S. The second-order valence-corrected chi connectivity index (χ2v) is 7.42. The van der Waals surface area contributed by atoms with E-state index in [0.717, 1.165) is 25.9 Å². The summed E-state index contributed by atoms with van der Waals surface area (Å²) in [4.78, 5) is 2.49. The van der Waals surface area contributed by atoms with Gasteiger partial charge in [0, 0.05) is 0 Å². The minimum Gasteiger partial charge on any atom is -0.306 e. The van der Waals surface area contributed by atoms with Gasteiger partial charge in [-0.15, -0.1) is 0 Å². The van der Waals surface area contributed by atoms with Gasteiger partial charge in [0.05, 0.1) is 10.6 Å². The molecule has 0 saturated carbocycles. The Bertz CT molecular complexity index is 505. The standard InChI is InChI=1S/C14H20FNO2S/c1-16-9-6-12(7-10-16)8-11-19(17,18)14-4-2-13(15)3-5-14/h2-5,12H,6-11H2,1H3. The second-order valence-electron chi connectivity index (χ2n) is 5.31. The first-order valence-electron chi connectivity index (χ1n) is 6.64. The van der Waals surface area contributed by atoms with Crippen LogP contribution in [0.4, 0.5) is 4.39 Å². The summed E-state index contributed by atoms with van der Waals surface area (Å²) in [6.45, 7) is 2.09. The normalized spacial score (nSPS) is 18.6. The van der Waals surface area contributed by atoms with Crippen molar-refractivity contribution >= 4 is 9.84 Å². The Labute approximate surface area is 114 Å². The molecule has 0 aromatic heterocycles. The molecule has 1 heterocycles. The Morgan fingerprint density at radius 3 is 2.37 bits per heavy atom. The molecular weight excluding hydrogens is 265 g/mol. The number of sulfone groups is 1. The number of hydrogen-bond acceptors (Lipinski definition) is 3. The number of piperidine rings is 1. The van der Waals surface area contributed by atoms with Gasteiger partial charge in [0.2, 0.25) is 0 Å². The van der Waals surface area contributed by atoms with Crippen LogP contribution in [-0.4, -0.2) is 39.2 Å². The second kappa shape index (κ2) is 6.01. The van der Waals surface area contributed by atoms with Crippen LogP contribution in [0.25, 0.3) is 0 Å². The Morgan fingerprint density at radius 2 is 1.79 bits per heavy atom. The smallest absolute Gasteiger partial charge is 0.178 e. The number of halogens is 1. The molecule has 0 aliphatic carbocycles. The number of nitrogens with zero attached hydrogens (tertiary/aromatic N) is 1. The van der Waals surface area contributed by atoms with Crippen molar-refractivity contribution in [3.05, 3.63) is 30.1 Å². The monoisotopic (exact) mass is 285 g/mol. The maximum absolute atomic E-state index is 12.8. The van der Waals surface area contributed by atoms with Crippen LogP contribution >= 0.6 is 0 Å². The summed E-state index contributed by atoms with van der Waals surface area (Å²) < 4.78 is 37.0. The third-order valence-electron chi connectivity index (χ3n) is 3.81. The molecule has 1 aliphatic heterocycles. The summed E-state index contributed by atoms with van der Waals surface area (Å²) in [6.07, 6.45) is 2.83. The molecule has 19 heavy (non-hydrogen) atoms. The van der Waals surface area contributed by atoms with Crippen LogP contribution in [0.1, 0.15) is 19.3 Å². The first-order valence-corrected chi connectivity index (χ1v) is 8.29. The van der Waals surface area contributed by atoms with Crippen molar-refractivity contribution < 1.29 is 12.8 Å². The van der Waals surface area contributed by atoms with E-state index in [-0.39, 0.29) is 10.6 Å². The van der Waals surface area contributed by atoms with E-state index in [4.69, 9.17) is 0 Å². The van der Waals surface area contributed by atoms with Gasteiger partial charge in [-0.1, -0.05) is 0 Å². The van der Waals surface area contributed by atoms with Gasteiger partial charge in [0.25, 0.3) is 0 Å². The van der Waals surface area contributed by atoms with Crippen LogP contribution in [0.15, 0.2) is 29.2 Å². The van der Waals surface area contributed by atoms with Crippen LogP contribution in [0.5, 0.6) is 0 Å². The number of hydrogen-bond donors (Lipinski definition) is 0. The zero-order valence-electron chi connectivity index (χ0n) is 11.2. The van der Waals surface area contributed by atoms with E-state index < -0.39 is 15.7 Å². The van der Waals surface area contributed by atoms with Gasteiger partial charge >= 0.3 is 0 Å². The molecule has 1 aromatic carbocycles. The van der Waals surface area contributed by atoms with Crippen molar-refractivity contribution in [3.8, 4) is 0 Å². The third kappa shape index (κ3) is 4.01. The minimum atomic E-state index is -3.27. The van der Waals surface area contributed by atoms with Gasteiger partial charge in [0.1, 0.15) is 5.82 Å². The van der Waals surface area contributed by atoms with Gasteiger partial charge in [-0.2, -0.15) is 0 Å². The van der Waals surface area contributed by atoms with Crippen LogP contribution in [0.2, 0.25) is 0 Å². The van der Waals surface area contributed by atoms with E-state index in [9.17, 15) is 12.8 Å². The fourth-order valence-electron chi connectivity index (χ4n) is 2.43. The highest BCUT2D eigenvalue weighted by Crippen LogP contribution is 2.22. The highest BCUT2D eigenvalue weighted by atomic mass is 32.2. The van der Waals surface area contributed by atoms with Crippen molar-refractivity contribution in [2.45, 2.75) is 24.2 Å². The summed E-state index contributed by atoms with van der Waals surface area (Å²) in [5, 5.41) is 0. The summed E-state index contributed by atoms with van der Waals surface area (Å²) in [5.74, 6) is 0.244. The average molecular weight is 285 g/mol. The first kappa shape index (κ1) is 14.5. The van der Waals surface area contributed by atoms with Crippen LogP contribution in [0.3, 0.4) is 0 Å². The van der Waals surface area contributed by atoms with E-state index in [1.165, 1.54) is 24.3 Å². The van der Waals surface area contributed by atoms with Crippen molar-refractivity contribution in [3.63, 3.8) is 0 Å². The minimum absolute atomic E-state index is 0.160. The molecule has 5 heteroatoms. The third-order valence-corrected chi connectivity index (χ3v) is 5.57. The predicted octanol–water partition coefficient (Wildman–Crippen LogP) is 2.33. The molecule has 0 radical (unpaired) electrons. The van der Waals surface area contributed by atoms with E-state index >= 15 is 0 Å². The van der Waals surface area contributed by atoms with E-state index in [1.54, 1.807) is 0 Å². The molecule has 1 fully saturated rings. The fourth-order valence-corrected chi connectivity index (χ4v) is 3.86. The van der Waals surface area contributed by atoms with Crippen LogP contribution in [0, 0.1) is 11.7 Å². The Kier molecular flexibility index (Phi) is 4.58. The molecule has 0 N–H and O–H groups in total. The Morgan fingerprint density at radius 1 is 1.21 bits per heavy atom. The molecule has 106 valence electrons. The van der Waals surface area contributed by atoms with Crippen molar-refractivity contribution in [1.82, 2.24) is 4.90 Å². The van der Waals surface area contributed by atoms with Crippen molar-refractivity contribution in [2.75, 3.05) is 25.9 Å². The lowest BCUT2D eigenvalue weighted by atomic mass is 9.95. The molecule has 3 nitrogen and oxygen atoms in total. The zero-order chi connectivity index (χ0) is 13.9. The van der Waals surface area contributed by atoms with Gasteiger partial charge < -0.3 is 4.90 Å². The van der Waals surface area contributed by atoms with E-state index in [2.05, 4.69) is 11.9 Å². The number of rotatable bonds is 4. The molecule has 1 aromatic rings.